The zero-order valence-electron chi connectivity index (χ0n) is 12.5. The van der Waals surface area contributed by atoms with Crippen LogP contribution < -0.4 is 11.1 Å². The minimum Gasteiger partial charge on any atom is -0.324 e. The summed E-state index contributed by atoms with van der Waals surface area (Å²) in [7, 11) is 0. The highest BCUT2D eigenvalue weighted by atomic mass is 35.5. The highest BCUT2D eigenvalue weighted by Gasteiger charge is 2.13. The second kappa shape index (κ2) is 9.50. The molecule has 0 aliphatic heterocycles. The van der Waals surface area contributed by atoms with Crippen LogP contribution in [0.5, 0.6) is 0 Å². The third kappa shape index (κ3) is 5.71. The van der Waals surface area contributed by atoms with E-state index in [0.717, 1.165) is 29.8 Å². The lowest BCUT2D eigenvalue weighted by Gasteiger charge is -2.10. The van der Waals surface area contributed by atoms with E-state index in [1.165, 1.54) is 11.3 Å². The molecule has 0 bridgehead atoms. The van der Waals surface area contributed by atoms with Crippen molar-refractivity contribution in [3.63, 3.8) is 0 Å². The number of nitrogens with one attached hydrogen (secondary N) is 1. The second-order valence-corrected chi connectivity index (χ2v) is 5.94. The number of nitrogens with two attached hydrogens (primary N) is 1. The molecule has 1 amide bonds. The molecule has 0 aliphatic rings. The smallest absolute Gasteiger partial charge is 0.228 e. The Balaban J connectivity index is 0.00000242. The first-order valence-corrected chi connectivity index (χ1v) is 7.93. The summed E-state index contributed by atoms with van der Waals surface area (Å²) in [5.74, 6) is -0.135. The number of hydrogen-bond donors (Lipinski definition) is 2. The van der Waals surface area contributed by atoms with Crippen molar-refractivity contribution in [3.05, 3.63) is 40.9 Å². The van der Waals surface area contributed by atoms with E-state index in [4.69, 9.17) is 5.73 Å². The van der Waals surface area contributed by atoms with Crippen LogP contribution in [0.4, 0.5) is 5.13 Å². The van der Waals surface area contributed by atoms with E-state index < -0.39 is 0 Å². The molecule has 0 saturated carbocycles. The van der Waals surface area contributed by atoms with E-state index in [9.17, 15) is 4.79 Å². The number of aryl methyl sites for hydroxylation is 1. The number of halogens is 1. The van der Waals surface area contributed by atoms with E-state index in [1.807, 2.05) is 30.3 Å². The molecule has 1 aromatic heterocycles. The van der Waals surface area contributed by atoms with Gasteiger partial charge >= 0.3 is 0 Å². The predicted octanol–water partition coefficient (Wildman–Crippen LogP) is 3.33. The SMILES string of the molecule is CCCCc1nnc(NC(=O)CC(N)c2ccccc2)s1.Cl. The van der Waals surface area contributed by atoms with E-state index in [-0.39, 0.29) is 30.8 Å². The number of rotatable bonds is 7. The normalized spacial score (nSPS) is 11.5. The van der Waals surface area contributed by atoms with Crippen molar-refractivity contribution < 1.29 is 4.79 Å². The first kappa shape index (κ1) is 18.5. The van der Waals surface area contributed by atoms with Gasteiger partial charge in [-0.25, -0.2) is 0 Å². The van der Waals surface area contributed by atoms with Crippen molar-refractivity contribution in [2.45, 2.75) is 38.6 Å². The monoisotopic (exact) mass is 340 g/mol. The van der Waals surface area contributed by atoms with Crippen molar-refractivity contribution in [1.82, 2.24) is 10.2 Å². The molecule has 5 nitrogen and oxygen atoms in total. The summed E-state index contributed by atoms with van der Waals surface area (Å²) in [5.41, 5.74) is 6.98. The van der Waals surface area contributed by atoms with Crippen LogP contribution in [0.3, 0.4) is 0 Å². The number of aromatic nitrogens is 2. The summed E-state index contributed by atoms with van der Waals surface area (Å²) in [4.78, 5) is 12.0. The maximum absolute atomic E-state index is 12.0. The highest BCUT2D eigenvalue weighted by Crippen LogP contribution is 2.19. The van der Waals surface area contributed by atoms with Gasteiger partial charge in [-0.3, -0.25) is 4.79 Å². The fraction of sp³-hybridized carbons (Fsp3) is 0.400. The Hall–Kier alpha value is -1.50. The van der Waals surface area contributed by atoms with Gasteiger partial charge in [-0.05, 0) is 12.0 Å². The first-order valence-electron chi connectivity index (χ1n) is 7.11. The van der Waals surface area contributed by atoms with Crippen LogP contribution in [-0.2, 0) is 11.2 Å². The molecule has 1 atom stereocenters. The Labute approximate surface area is 140 Å². The van der Waals surface area contributed by atoms with Crippen molar-refractivity contribution in [1.29, 1.82) is 0 Å². The largest absolute Gasteiger partial charge is 0.324 e. The van der Waals surface area contributed by atoms with Crippen LogP contribution in [0.1, 0.15) is 42.8 Å². The lowest BCUT2D eigenvalue weighted by Crippen LogP contribution is -2.20. The lowest BCUT2D eigenvalue weighted by atomic mass is 10.0. The Bertz CT molecular complexity index is 576. The molecular formula is C15H21ClN4OS. The van der Waals surface area contributed by atoms with Crippen LogP contribution in [-0.4, -0.2) is 16.1 Å². The van der Waals surface area contributed by atoms with E-state index in [2.05, 4.69) is 22.4 Å². The van der Waals surface area contributed by atoms with Crippen LogP contribution in [0, 0.1) is 0 Å². The fourth-order valence-corrected chi connectivity index (χ4v) is 2.72. The lowest BCUT2D eigenvalue weighted by molar-refractivity contribution is -0.116. The number of benzene rings is 1. The van der Waals surface area contributed by atoms with Crippen LogP contribution in [0.25, 0.3) is 0 Å². The van der Waals surface area contributed by atoms with Crippen LogP contribution in [0.2, 0.25) is 0 Å². The summed E-state index contributed by atoms with van der Waals surface area (Å²) >= 11 is 1.43. The van der Waals surface area contributed by atoms with Crippen LogP contribution in [0.15, 0.2) is 30.3 Å². The Morgan fingerprint density at radius 2 is 2.05 bits per heavy atom. The highest BCUT2D eigenvalue weighted by molar-refractivity contribution is 7.15. The molecule has 7 heteroatoms. The van der Waals surface area contributed by atoms with Gasteiger partial charge in [0.25, 0.3) is 0 Å². The summed E-state index contributed by atoms with van der Waals surface area (Å²) in [6.45, 7) is 2.13. The Morgan fingerprint density at radius 3 is 2.73 bits per heavy atom. The van der Waals surface area contributed by atoms with Crippen molar-refractivity contribution in [2.24, 2.45) is 5.73 Å². The topological polar surface area (TPSA) is 80.9 Å². The van der Waals surface area contributed by atoms with Gasteiger partial charge in [-0.1, -0.05) is 55.0 Å². The number of amides is 1. The molecule has 1 aromatic carbocycles. The van der Waals surface area contributed by atoms with Crippen molar-refractivity contribution in [3.8, 4) is 0 Å². The molecule has 1 heterocycles. The maximum atomic E-state index is 12.0. The summed E-state index contributed by atoms with van der Waals surface area (Å²) in [6.07, 6.45) is 3.34. The zero-order chi connectivity index (χ0) is 15.1. The molecule has 0 spiro atoms. The molecular weight excluding hydrogens is 320 g/mol. The number of nitrogens with zero attached hydrogens (tertiary/aromatic N) is 2. The van der Waals surface area contributed by atoms with Gasteiger partial charge in [-0.15, -0.1) is 22.6 Å². The molecule has 3 N–H and O–H groups in total. The van der Waals surface area contributed by atoms with E-state index in [0.29, 0.717) is 5.13 Å². The van der Waals surface area contributed by atoms with Gasteiger partial charge in [0.15, 0.2) is 0 Å². The number of carbonyl (C=O) groups is 1. The zero-order valence-corrected chi connectivity index (χ0v) is 14.1. The molecule has 22 heavy (non-hydrogen) atoms. The Kier molecular flexibility index (Phi) is 8.01. The minimum atomic E-state index is -0.307. The van der Waals surface area contributed by atoms with Crippen molar-refractivity contribution in [2.75, 3.05) is 5.32 Å². The molecule has 0 saturated heterocycles. The Morgan fingerprint density at radius 1 is 1.32 bits per heavy atom. The maximum Gasteiger partial charge on any atom is 0.228 e. The average molecular weight is 341 g/mol. The van der Waals surface area contributed by atoms with Gasteiger partial charge in [0, 0.05) is 18.9 Å². The number of carbonyl (C=O) groups excluding carboxylic acids is 1. The van der Waals surface area contributed by atoms with Gasteiger partial charge < -0.3 is 11.1 Å². The van der Waals surface area contributed by atoms with Crippen LogP contribution >= 0.6 is 23.7 Å². The number of anilines is 1. The van der Waals surface area contributed by atoms with Crippen molar-refractivity contribution >= 4 is 34.8 Å². The summed E-state index contributed by atoms with van der Waals surface area (Å²) in [5, 5.41) is 12.3. The first-order chi connectivity index (χ1) is 10.2. The van der Waals surface area contributed by atoms with Gasteiger partial charge in [0.05, 0.1) is 0 Å². The van der Waals surface area contributed by atoms with E-state index in [1.54, 1.807) is 0 Å². The third-order valence-electron chi connectivity index (χ3n) is 3.09. The molecule has 0 fully saturated rings. The second-order valence-electron chi connectivity index (χ2n) is 4.87. The third-order valence-corrected chi connectivity index (χ3v) is 3.99. The van der Waals surface area contributed by atoms with Gasteiger partial charge in [0.2, 0.25) is 11.0 Å². The fourth-order valence-electron chi connectivity index (χ4n) is 1.92. The van der Waals surface area contributed by atoms with E-state index >= 15 is 0 Å². The molecule has 0 radical (unpaired) electrons. The molecule has 1 unspecified atom stereocenters. The number of unbranched alkanes of at least 4 members (excludes halogenated alkanes) is 1. The van der Waals surface area contributed by atoms with Gasteiger partial charge in [-0.2, -0.15) is 0 Å². The predicted molar refractivity (Wildman–Crippen MR) is 92.4 cm³/mol. The van der Waals surface area contributed by atoms with Gasteiger partial charge in [0.1, 0.15) is 5.01 Å². The quantitative estimate of drug-likeness (QED) is 0.810. The molecule has 120 valence electrons. The average Bonchev–Trinajstić information content (AvgIpc) is 2.93. The summed E-state index contributed by atoms with van der Waals surface area (Å²) < 4.78 is 0. The minimum absolute atomic E-state index is 0. The molecule has 2 aromatic rings. The molecule has 2 rings (SSSR count). The number of hydrogen-bond acceptors (Lipinski definition) is 5. The summed E-state index contributed by atoms with van der Waals surface area (Å²) in [6, 6.07) is 9.29. The standard InChI is InChI=1S/C15H20N4OS.ClH/c1-2-3-9-14-18-19-15(21-14)17-13(20)10-12(16)11-7-5-4-6-8-11;/h4-8,12H,2-3,9-10,16H2,1H3,(H,17,19,20);1H. The molecule has 0 aliphatic carbocycles.